The fraction of sp³-hybridized carbons (Fsp3) is 0.438. The molecule has 22 heavy (non-hydrogen) atoms. The molecule has 0 bridgehead atoms. The summed E-state index contributed by atoms with van der Waals surface area (Å²) in [5.41, 5.74) is 2.88. The van der Waals surface area contributed by atoms with Gasteiger partial charge in [0.1, 0.15) is 6.33 Å². The van der Waals surface area contributed by atoms with Crippen LogP contribution in [0.4, 0.5) is 0 Å². The van der Waals surface area contributed by atoms with Crippen molar-refractivity contribution >= 4 is 17.5 Å². The van der Waals surface area contributed by atoms with Crippen molar-refractivity contribution in [1.29, 1.82) is 0 Å². The van der Waals surface area contributed by atoms with Gasteiger partial charge in [0.15, 0.2) is 10.9 Å². The van der Waals surface area contributed by atoms with E-state index < -0.39 is 0 Å². The van der Waals surface area contributed by atoms with Gasteiger partial charge in [0.05, 0.1) is 11.9 Å². The van der Waals surface area contributed by atoms with Crippen LogP contribution in [0.25, 0.3) is 0 Å². The van der Waals surface area contributed by atoms with E-state index in [1.807, 2.05) is 43.5 Å². The molecule has 1 atom stereocenters. The molecule has 0 radical (unpaired) electrons. The number of Topliss-reactive ketones (excluding diaryl/α,β-unsaturated/α-hetero) is 1. The maximum absolute atomic E-state index is 12.7. The van der Waals surface area contributed by atoms with Gasteiger partial charge in [0.25, 0.3) is 0 Å². The van der Waals surface area contributed by atoms with Crippen LogP contribution < -0.4 is 0 Å². The molecule has 1 aromatic carbocycles. The monoisotopic (exact) mass is 319 g/mol. The van der Waals surface area contributed by atoms with Crippen molar-refractivity contribution in [1.82, 2.24) is 14.8 Å². The van der Waals surface area contributed by atoms with E-state index in [0.29, 0.717) is 13.2 Å². The van der Waals surface area contributed by atoms with E-state index in [2.05, 4.69) is 10.2 Å². The van der Waals surface area contributed by atoms with Gasteiger partial charge < -0.3 is 9.30 Å². The van der Waals surface area contributed by atoms with Crippen LogP contribution >= 0.6 is 11.8 Å². The zero-order valence-electron chi connectivity index (χ0n) is 13.4. The summed E-state index contributed by atoms with van der Waals surface area (Å²) >= 11 is 1.43. The van der Waals surface area contributed by atoms with Gasteiger partial charge in [0, 0.05) is 19.2 Å². The number of methoxy groups -OCH3 is 1. The zero-order valence-corrected chi connectivity index (χ0v) is 14.2. The van der Waals surface area contributed by atoms with E-state index >= 15 is 0 Å². The normalized spacial score (nSPS) is 12.4. The van der Waals surface area contributed by atoms with Gasteiger partial charge in [-0.2, -0.15) is 0 Å². The summed E-state index contributed by atoms with van der Waals surface area (Å²) in [6.45, 7) is 7.13. The Hall–Kier alpha value is -1.66. The Morgan fingerprint density at radius 3 is 2.91 bits per heavy atom. The predicted octanol–water partition coefficient (Wildman–Crippen LogP) is 2.90. The fourth-order valence-corrected chi connectivity index (χ4v) is 3.03. The van der Waals surface area contributed by atoms with Gasteiger partial charge in [0.2, 0.25) is 0 Å². The number of thioether (sulfide) groups is 1. The quantitative estimate of drug-likeness (QED) is 0.580. The van der Waals surface area contributed by atoms with E-state index in [4.69, 9.17) is 4.74 Å². The largest absolute Gasteiger partial charge is 0.383 e. The summed E-state index contributed by atoms with van der Waals surface area (Å²) in [5, 5.41) is 8.53. The first-order valence-corrected chi connectivity index (χ1v) is 8.05. The van der Waals surface area contributed by atoms with Gasteiger partial charge in [-0.1, -0.05) is 29.5 Å². The molecular weight excluding hydrogens is 298 g/mol. The van der Waals surface area contributed by atoms with Crippen molar-refractivity contribution in [2.45, 2.75) is 37.7 Å². The molecular formula is C16H21N3O2S. The van der Waals surface area contributed by atoms with Crippen molar-refractivity contribution in [2.75, 3.05) is 13.7 Å². The summed E-state index contributed by atoms with van der Waals surface area (Å²) in [4.78, 5) is 12.7. The Kier molecular flexibility index (Phi) is 5.74. The average Bonchev–Trinajstić information content (AvgIpc) is 2.94. The van der Waals surface area contributed by atoms with E-state index in [1.54, 1.807) is 13.4 Å². The number of rotatable bonds is 7. The Bertz CT molecular complexity index is 655. The van der Waals surface area contributed by atoms with Gasteiger partial charge in [-0.25, -0.2) is 0 Å². The highest BCUT2D eigenvalue weighted by Crippen LogP contribution is 2.25. The lowest BCUT2D eigenvalue weighted by Crippen LogP contribution is -2.16. The highest BCUT2D eigenvalue weighted by Gasteiger charge is 2.20. The van der Waals surface area contributed by atoms with E-state index in [1.165, 1.54) is 11.8 Å². The van der Waals surface area contributed by atoms with Gasteiger partial charge in [-0.15, -0.1) is 10.2 Å². The minimum Gasteiger partial charge on any atom is -0.383 e. The summed E-state index contributed by atoms with van der Waals surface area (Å²) < 4.78 is 6.97. The molecule has 0 aliphatic carbocycles. The molecule has 0 amide bonds. The predicted molar refractivity (Wildman–Crippen MR) is 87.5 cm³/mol. The van der Waals surface area contributed by atoms with Crippen molar-refractivity contribution < 1.29 is 9.53 Å². The van der Waals surface area contributed by atoms with Crippen LogP contribution in [0, 0.1) is 13.8 Å². The average molecular weight is 319 g/mol. The number of nitrogens with zero attached hydrogens (tertiary/aromatic N) is 3. The number of carbonyl (C=O) groups is 1. The molecule has 1 unspecified atom stereocenters. The van der Waals surface area contributed by atoms with Crippen LogP contribution in [0.5, 0.6) is 0 Å². The Morgan fingerprint density at radius 2 is 2.18 bits per heavy atom. The summed E-state index contributed by atoms with van der Waals surface area (Å²) in [6.07, 6.45) is 1.66. The lowest BCUT2D eigenvalue weighted by molar-refractivity contribution is 0.0993. The summed E-state index contributed by atoms with van der Waals surface area (Å²) in [6, 6.07) is 5.96. The van der Waals surface area contributed by atoms with Crippen LogP contribution in [-0.2, 0) is 11.3 Å². The number of benzene rings is 1. The second-order valence-electron chi connectivity index (χ2n) is 5.24. The molecule has 5 nitrogen and oxygen atoms in total. The molecule has 1 heterocycles. The molecule has 0 N–H and O–H groups in total. The second-order valence-corrected chi connectivity index (χ2v) is 6.55. The number of hydrogen-bond donors (Lipinski definition) is 0. The highest BCUT2D eigenvalue weighted by molar-refractivity contribution is 8.00. The Morgan fingerprint density at radius 1 is 1.41 bits per heavy atom. The molecule has 2 rings (SSSR count). The van der Waals surface area contributed by atoms with Gasteiger partial charge >= 0.3 is 0 Å². The minimum absolute atomic E-state index is 0.118. The Balaban J connectivity index is 2.12. The van der Waals surface area contributed by atoms with Crippen LogP contribution in [0.2, 0.25) is 0 Å². The van der Waals surface area contributed by atoms with E-state index in [9.17, 15) is 4.79 Å². The van der Waals surface area contributed by atoms with E-state index in [-0.39, 0.29) is 11.0 Å². The van der Waals surface area contributed by atoms with Crippen LogP contribution in [0.3, 0.4) is 0 Å². The molecule has 6 heteroatoms. The summed E-state index contributed by atoms with van der Waals surface area (Å²) in [7, 11) is 1.66. The topological polar surface area (TPSA) is 57.0 Å². The first-order valence-electron chi connectivity index (χ1n) is 7.17. The van der Waals surface area contributed by atoms with Crippen molar-refractivity contribution in [3.63, 3.8) is 0 Å². The molecule has 1 aromatic heterocycles. The second kappa shape index (κ2) is 7.56. The van der Waals surface area contributed by atoms with E-state index in [0.717, 1.165) is 21.8 Å². The number of ether oxygens (including phenoxy) is 1. The molecule has 0 saturated carbocycles. The third kappa shape index (κ3) is 3.96. The Labute approximate surface area is 135 Å². The SMILES string of the molecule is COCCn1cnnc1SC(C)C(=O)c1cc(C)ccc1C. The molecule has 118 valence electrons. The molecule has 2 aromatic rings. The standard InChI is InChI=1S/C16H21N3O2S/c1-11-5-6-12(2)14(9-11)15(20)13(3)22-16-18-17-10-19(16)7-8-21-4/h5-6,9-10,13H,7-8H2,1-4H3. The number of hydrogen-bond acceptors (Lipinski definition) is 5. The number of aryl methyl sites for hydroxylation is 2. The molecule has 0 aliphatic rings. The van der Waals surface area contributed by atoms with Crippen molar-refractivity contribution in [3.05, 3.63) is 41.2 Å². The molecule has 0 saturated heterocycles. The van der Waals surface area contributed by atoms with Crippen molar-refractivity contribution in [2.24, 2.45) is 0 Å². The summed E-state index contributed by atoms with van der Waals surface area (Å²) in [5.74, 6) is 0.118. The first kappa shape index (κ1) is 16.7. The lowest BCUT2D eigenvalue weighted by atomic mass is 10.0. The van der Waals surface area contributed by atoms with Crippen LogP contribution in [0.15, 0.2) is 29.7 Å². The maximum Gasteiger partial charge on any atom is 0.191 e. The van der Waals surface area contributed by atoms with Crippen LogP contribution in [-0.4, -0.2) is 39.5 Å². The smallest absolute Gasteiger partial charge is 0.191 e. The molecule has 0 fully saturated rings. The highest BCUT2D eigenvalue weighted by atomic mass is 32.2. The maximum atomic E-state index is 12.7. The first-order chi connectivity index (χ1) is 10.5. The molecule has 0 aliphatic heterocycles. The zero-order chi connectivity index (χ0) is 16.1. The third-order valence-electron chi connectivity index (χ3n) is 3.43. The number of aromatic nitrogens is 3. The van der Waals surface area contributed by atoms with Crippen molar-refractivity contribution in [3.8, 4) is 0 Å². The lowest BCUT2D eigenvalue weighted by Gasteiger charge is -2.13. The number of carbonyl (C=O) groups excluding carboxylic acids is 1. The fourth-order valence-electron chi connectivity index (χ4n) is 2.11. The minimum atomic E-state index is -0.217. The van der Waals surface area contributed by atoms with Gasteiger partial charge in [-0.3, -0.25) is 4.79 Å². The third-order valence-corrected chi connectivity index (χ3v) is 4.52. The number of ketones is 1. The molecule has 0 spiro atoms. The van der Waals surface area contributed by atoms with Gasteiger partial charge in [-0.05, 0) is 32.4 Å². The van der Waals surface area contributed by atoms with Crippen LogP contribution in [0.1, 0.15) is 28.4 Å².